The summed E-state index contributed by atoms with van der Waals surface area (Å²) in [7, 11) is 0. The van der Waals surface area contributed by atoms with Crippen LogP contribution in [0.2, 0.25) is 0 Å². The minimum absolute atomic E-state index is 0.0666. The number of amides is 2. The second-order valence-electron chi connectivity index (χ2n) is 6.25. The Hall–Kier alpha value is -2.43. The Bertz CT molecular complexity index is 940. The lowest BCUT2D eigenvalue weighted by Gasteiger charge is -2.17. The second kappa shape index (κ2) is 8.07. The Kier molecular flexibility index (Phi) is 5.78. The van der Waals surface area contributed by atoms with Crippen LogP contribution in [0.15, 0.2) is 44.5 Å². The molecule has 1 aliphatic heterocycles. The number of aromatic nitrogens is 2. The molecule has 1 aliphatic rings. The maximum atomic E-state index is 12.0. The number of hydrogen-bond donors (Lipinski definition) is 4. The molecule has 3 atom stereocenters. The lowest BCUT2D eigenvalue weighted by molar-refractivity contribution is -0.0178. The highest BCUT2D eigenvalue weighted by Gasteiger charge is 2.35. The van der Waals surface area contributed by atoms with Crippen molar-refractivity contribution >= 4 is 27.6 Å². The van der Waals surface area contributed by atoms with Gasteiger partial charge in [0.1, 0.15) is 12.3 Å². The van der Waals surface area contributed by atoms with Gasteiger partial charge in [-0.25, -0.2) is 9.59 Å². The maximum Gasteiger partial charge on any atom is 0.330 e. The van der Waals surface area contributed by atoms with Crippen molar-refractivity contribution in [3.63, 3.8) is 0 Å². The van der Waals surface area contributed by atoms with Crippen LogP contribution in [0, 0.1) is 6.92 Å². The van der Waals surface area contributed by atoms with Gasteiger partial charge < -0.3 is 20.5 Å². The minimum atomic E-state index is -0.859. The van der Waals surface area contributed by atoms with E-state index in [9.17, 15) is 19.5 Å². The lowest BCUT2D eigenvalue weighted by atomic mass is 10.2. The van der Waals surface area contributed by atoms with Crippen molar-refractivity contribution in [2.75, 3.05) is 11.9 Å². The van der Waals surface area contributed by atoms with E-state index in [0.717, 1.165) is 4.47 Å². The predicted molar refractivity (Wildman–Crippen MR) is 102 cm³/mol. The summed E-state index contributed by atoms with van der Waals surface area (Å²) in [5.74, 6) is 0. The molecule has 0 saturated carbocycles. The van der Waals surface area contributed by atoms with Crippen molar-refractivity contribution < 1.29 is 14.6 Å². The monoisotopic (exact) mass is 438 g/mol. The number of aromatic amines is 1. The molecule has 9 nitrogen and oxygen atoms in total. The molecule has 10 heteroatoms. The summed E-state index contributed by atoms with van der Waals surface area (Å²) in [6.07, 6.45) is -0.683. The molecule has 2 aromatic rings. The number of benzene rings is 1. The standard InChI is InChI=1S/C17H19BrN4O5/c1-9-8-22(17(26)21-15(9)24)14-6-12(23)13(27-14)7-19-16(25)20-11-4-2-10(18)3-5-11/h2-5,8,12-14,23H,6-7H2,1H3,(H2,19,20,25)(H,21,24,26)/t12-,13+,14-/m0/s1. The van der Waals surface area contributed by atoms with Gasteiger partial charge in [0, 0.05) is 34.9 Å². The number of urea groups is 1. The Morgan fingerprint density at radius 1 is 1.37 bits per heavy atom. The van der Waals surface area contributed by atoms with Crippen LogP contribution in [0.5, 0.6) is 0 Å². The molecule has 1 fully saturated rings. The van der Waals surface area contributed by atoms with E-state index in [1.807, 2.05) is 0 Å². The van der Waals surface area contributed by atoms with Gasteiger partial charge in [-0.1, -0.05) is 15.9 Å². The molecule has 2 amide bonds. The molecule has 0 aliphatic carbocycles. The van der Waals surface area contributed by atoms with Gasteiger partial charge in [0.25, 0.3) is 5.56 Å². The highest BCUT2D eigenvalue weighted by Crippen LogP contribution is 2.27. The minimum Gasteiger partial charge on any atom is -0.390 e. The average Bonchev–Trinajstić information content (AvgIpc) is 2.99. The summed E-state index contributed by atoms with van der Waals surface area (Å²) in [6, 6.07) is 6.65. The fraction of sp³-hybridized carbons (Fsp3) is 0.353. The molecule has 3 rings (SSSR count). The summed E-state index contributed by atoms with van der Waals surface area (Å²) in [5.41, 5.74) is -0.0816. The number of H-pyrrole nitrogens is 1. The Labute approximate surface area is 162 Å². The van der Waals surface area contributed by atoms with E-state index >= 15 is 0 Å². The van der Waals surface area contributed by atoms with E-state index in [-0.39, 0.29) is 13.0 Å². The number of anilines is 1. The Morgan fingerprint density at radius 2 is 2.07 bits per heavy atom. The molecule has 1 aromatic heterocycles. The van der Waals surface area contributed by atoms with Crippen LogP contribution in [0.4, 0.5) is 10.5 Å². The first-order chi connectivity index (χ1) is 12.8. The lowest BCUT2D eigenvalue weighted by Crippen LogP contribution is -2.39. The van der Waals surface area contributed by atoms with Crippen LogP contribution >= 0.6 is 15.9 Å². The van der Waals surface area contributed by atoms with Crippen LogP contribution in [0.3, 0.4) is 0 Å². The molecule has 4 N–H and O–H groups in total. The second-order valence-corrected chi connectivity index (χ2v) is 7.17. The largest absolute Gasteiger partial charge is 0.390 e. The maximum absolute atomic E-state index is 12.0. The highest BCUT2D eigenvalue weighted by molar-refractivity contribution is 9.10. The molecular formula is C17H19BrN4O5. The SMILES string of the molecule is Cc1cn([C@@H]2C[C@H](O)[C@@H](CNC(=O)Nc3ccc(Br)cc3)O2)c(=O)[nH]c1=O. The van der Waals surface area contributed by atoms with E-state index in [1.54, 1.807) is 31.2 Å². The van der Waals surface area contributed by atoms with E-state index in [4.69, 9.17) is 4.74 Å². The number of aryl methyl sites for hydroxylation is 1. The third kappa shape index (κ3) is 4.65. The van der Waals surface area contributed by atoms with Crippen LogP contribution in [-0.4, -0.2) is 39.4 Å². The highest BCUT2D eigenvalue weighted by atomic mass is 79.9. The van der Waals surface area contributed by atoms with Gasteiger partial charge in [0.05, 0.1) is 6.10 Å². The van der Waals surface area contributed by atoms with Crippen molar-refractivity contribution in [1.82, 2.24) is 14.9 Å². The summed E-state index contributed by atoms with van der Waals surface area (Å²) >= 11 is 3.32. The number of hydrogen-bond acceptors (Lipinski definition) is 5. The number of aliphatic hydroxyl groups excluding tert-OH is 1. The molecule has 1 saturated heterocycles. The van der Waals surface area contributed by atoms with Gasteiger partial charge in [0.2, 0.25) is 0 Å². The van der Waals surface area contributed by atoms with Crippen LogP contribution < -0.4 is 21.9 Å². The number of carbonyl (C=O) groups is 1. The zero-order valence-electron chi connectivity index (χ0n) is 14.4. The molecule has 0 unspecified atom stereocenters. The Balaban J connectivity index is 1.58. The molecule has 0 bridgehead atoms. The molecule has 2 heterocycles. The van der Waals surface area contributed by atoms with E-state index in [2.05, 4.69) is 31.5 Å². The van der Waals surface area contributed by atoms with E-state index < -0.39 is 35.7 Å². The summed E-state index contributed by atoms with van der Waals surface area (Å²) < 4.78 is 7.83. The van der Waals surface area contributed by atoms with Gasteiger partial charge >= 0.3 is 11.7 Å². The number of carbonyl (C=O) groups excluding carboxylic acids is 1. The predicted octanol–water partition coefficient (Wildman–Crippen LogP) is 1.08. The third-order valence-corrected chi connectivity index (χ3v) is 4.75. The number of nitrogens with one attached hydrogen (secondary N) is 3. The Morgan fingerprint density at radius 3 is 2.78 bits per heavy atom. The molecule has 0 radical (unpaired) electrons. The third-order valence-electron chi connectivity index (χ3n) is 4.23. The molecule has 27 heavy (non-hydrogen) atoms. The molecule has 1 aromatic carbocycles. The fourth-order valence-electron chi connectivity index (χ4n) is 2.77. The zero-order valence-corrected chi connectivity index (χ0v) is 16.0. The molecular weight excluding hydrogens is 420 g/mol. The number of aliphatic hydroxyl groups is 1. The van der Waals surface area contributed by atoms with Crippen molar-refractivity contribution in [3.8, 4) is 0 Å². The van der Waals surface area contributed by atoms with Crippen LogP contribution in [-0.2, 0) is 4.74 Å². The topological polar surface area (TPSA) is 125 Å². The van der Waals surface area contributed by atoms with Crippen LogP contribution in [0.25, 0.3) is 0 Å². The summed E-state index contributed by atoms with van der Waals surface area (Å²) in [4.78, 5) is 37.6. The number of ether oxygens (including phenoxy) is 1. The van der Waals surface area contributed by atoms with Gasteiger partial charge in [-0.3, -0.25) is 14.3 Å². The van der Waals surface area contributed by atoms with Crippen molar-refractivity contribution in [2.24, 2.45) is 0 Å². The van der Waals surface area contributed by atoms with Gasteiger partial charge in [-0.15, -0.1) is 0 Å². The van der Waals surface area contributed by atoms with Crippen molar-refractivity contribution in [1.29, 1.82) is 0 Å². The van der Waals surface area contributed by atoms with Gasteiger partial charge in [0.15, 0.2) is 0 Å². The number of nitrogens with zero attached hydrogens (tertiary/aromatic N) is 1. The quantitative estimate of drug-likeness (QED) is 0.568. The van der Waals surface area contributed by atoms with E-state index in [0.29, 0.717) is 11.3 Å². The summed E-state index contributed by atoms with van der Waals surface area (Å²) in [5, 5.41) is 15.5. The smallest absolute Gasteiger partial charge is 0.330 e. The zero-order chi connectivity index (χ0) is 19.6. The normalized spacial score (nSPS) is 21.8. The first-order valence-electron chi connectivity index (χ1n) is 8.29. The fourth-order valence-corrected chi connectivity index (χ4v) is 3.04. The van der Waals surface area contributed by atoms with Gasteiger partial charge in [-0.2, -0.15) is 0 Å². The first-order valence-corrected chi connectivity index (χ1v) is 9.09. The van der Waals surface area contributed by atoms with E-state index in [1.165, 1.54) is 10.8 Å². The van der Waals surface area contributed by atoms with Crippen molar-refractivity contribution in [3.05, 3.63) is 61.3 Å². The van der Waals surface area contributed by atoms with Crippen LogP contribution in [0.1, 0.15) is 18.2 Å². The molecule has 144 valence electrons. The summed E-state index contributed by atoms with van der Waals surface area (Å²) in [6.45, 7) is 1.64. The average molecular weight is 439 g/mol. The number of halogens is 1. The van der Waals surface area contributed by atoms with Crippen molar-refractivity contribution in [2.45, 2.75) is 31.8 Å². The van der Waals surface area contributed by atoms with Gasteiger partial charge in [-0.05, 0) is 31.2 Å². The first kappa shape index (κ1) is 19.3. The number of rotatable bonds is 4. The molecule has 0 spiro atoms.